The fourth-order valence-electron chi connectivity index (χ4n) is 1.14. The van der Waals surface area contributed by atoms with Gasteiger partial charge in [0.25, 0.3) is 5.91 Å². The Morgan fingerprint density at radius 2 is 2.11 bits per heavy atom. The molecule has 0 saturated heterocycles. The fraction of sp³-hybridized carbons (Fsp3) is 0.300. The highest BCUT2D eigenvalue weighted by Gasteiger charge is 2.10. The van der Waals surface area contributed by atoms with Crippen LogP contribution >= 0.6 is 15.9 Å². The number of carbonyl (C=O) groups excluding carboxylic acids is 1. The van der Waals surface area contributed by atoms with Gasteiger partial charge < -0.3 is 5.32 Å². The highest BCUT2D eigenvalue weighted by atomic mass is 79.9. The van der Waals surface area contributed by atoms with Gasteiger partial charge in [0.2, 0.25) is 10.0 Å². The van der Waals surface area contributed by atoms with Crippen LogP contribution in [0.1, 0.15) is 10.4 Å². The van der Waals surface area contributed by atoms with Crippen LogP contribution in [0.3, 0.4) is 0 Å². The van der Waals surface area contributed by atoms with E-state index in [2.05, 4.69) is 26.0 Å². The van der Waals surface area contributed by atoms with Gasteiger partial charge >= 0.3 is 0 Å². The Morgan fingerprint density at radius 3 is 2.67 bits per heavy atom. The SMILES string of the molecule is CNS(=O)(=O)CCNC(=O)c1ccc(F)c(Br)c1. The fourth-order valence-corrected chi connectivity index (χ4v) is 2.09. The van der Waals surface area contributed by atoms with E-state index in [9.17, 15) is 17.6 Å². The van der Waals surface area contributed by atoms with E-state index in [1.165, 1.54) is 19.2 Å². The number of hydrogen-bond donors (Lipinski definition) is 2. The Balaban J connectivity index is 2.58. The molecule has 0 atom stereocenters. The first kappa shape index (κ1) is 15.1. The van der Waals surface area contributed by atoms with Crippen molar-refractivity contribution in [1.82, 2.24) is 10.0 Å². The Bertz CT molecular complexity index is 548. The van der Waals surface area contributed by atoms with Crippen LogP contribution in [0.2, 0.25) is 0 Å². The predicted molar refractivity (Wildman–Crippen MR) is 69.3 cm³/mol. The van der Waals surface area contributed by atoms with Gasteiger partial charge in [-0.1, -0.05) is 0 Å². The molecule has 0 unspecified atom stereocenters. The van der Waals surface area contributed by atoms with Gasteiger partial charge in [0.05, 0.1) is 10.2 Å². The number of hydrogen-bond acceptors (Lipinski definition) is 3. The van der Waals surface area contributed by atoms with Crippen molar-refractivity contribution >= 4 is 31.9 Å². The highest BCUT2D eigenvalue weighted by Crippen LogP contribution is 2.16. The van der Waals surface area contributed by atoms with E-state index < -0.39 is 21.7 Å². The largest absolute Gasteiger partial charge is 0.351 e. The van der Waals surface area contributed by atoms with Crippen LogP contribution in [-0.2, 0) is 10.0 Å². The molecule has 1 rings (SSSR count). The summed E-state index contributed by atoms with van der Waals surface area (Å²) in [5, 5.41) is 2.43. The molecular formula is C10H12BrFN2O3S. The average Bonchev–Trinajstić information content (AvgIpc) is 2.32. The highest BCUT2D eigenvalue weighted by molar-refractivity contribution is 9.10. The third kappa shape index (κ3) is 4.35. The maximum atomic E-state index is 13.0. The standard InChI is InChI=1S/C10H12BrFN2O3S/c1-13-18(16,17)5-4-14-10(15)7-2-3-9(12)8(11)6-7/h2-3,6,13H,4-5H2,1H3,(H,14,15). The zero-order valence-corrected chi connectivity index (χ0v) is 11.9. The Hall–Kier alpha value is -0.990. The summed E-state index contributed by atoms with van der Waals surface area (Å²) in [5.74, 6) is -1.14. The molecule has 0 aromatic heterocycles. The van der Waals surface area contributed by atoms with Gasteiger partial charge in [-0.3, -0.25) is 4.79 Å². The average molecular weight is 339 g/mol. The van der Waals surface area contributed by atoms with Gasteiger partial charge in [-0.2, -0.15) is 0 Å². The lowest BCUT2D eigenvalue weighted by Crippen LogP contribution is -2.32. The van der Waals surface area contributed by atoms with Crippen molar-refractivity contribution in [2.45, 2.75) is 0 Å². The van der Waals surface area contributed by atoms with E-state index in [4.69, 9.17) is 0 Å². The first-order valence-electron chi connectivity index (χ1n) is 5.00. The third-order valence-electron chi connectivity index (χ3n) is 2.15. The lowest BCUT2D eigenvalue weighted by molar-refractivity contribution is 0.0956. The minimum atomic E-state index is -3.35. The van der Waals surface area contributed by atoms with Crippen molar-refractivity contribution in [3.63, 3.8) is 0 Å². The van der Waals surface area contributed by atoms with E-state index in [1.807, 2.05) is 0 Å². The number of rotatable bonds is 5. The van der Waals surface area contributed by atoms with E-state index in [1.54, 1.807) is 0 Å². The molecule has 1 amide bonds. The van der Waals surface area contributed by atoms with Crippen molar-refractivity contribution in [3.05, 3.63) is 34.1 Å². The van der Waals surface area contributed by atoms with Crippen LogP contribution in [0.25, 0.3) is 0 Å². The lowest BCUT2D eigenvalue weighted by Gasteiger charge is -2.06. The van der Waals surface area contributed by atoms with E-state index in [0.717, 1.165) is 6.07 Å². The molecule has 100 valence electrons. The molecule has 1 aromatic rings. The second-order valence-electron chi connectivity index (χ2n) is 3.41. The molecule has 5 nitrogen and oxygen atoms in total. The maximum absolute atomic E-state index is 13.0. The van der Waals surface area contributed by atoms with E-state index >= 15 is 0 Å². The second-order valence-corrected chi connectivity index (χ2v) is 6.31. The number of sulfonamides is 1. The molecule has 1 aromatic carbocycles. The van der Waals surface area contributed by atoms with Crippen LogP contribution in [0.15, 0.2) is 22.7 Å². The topological polar surface area (TPSA) is 75.3 Å². The molecule has 0 aliphatic heterocycles. The number of halogens is 2. The Kier molecular flexibility index (Phi) is 5.24. The molecule has 0 saturated carbocycles. The molecule has 0 spiro atoms. The number of nitrogens with one attached hydrogen (secondary N) is 2. The summed E-state index contributed by atoms with van der Waals surface area (Å²) in [6.07, 6.45) is 0. The van der Waals surface area contributed by atoms with Crippen LogP contribution in [0, 0.1) is 5.82 Å². The van der Waals surface area contributed by atoms with Crippen molar-refractivity contribution in [1.29, 1.82) is 0 Å². The second kappa shape index (κ2) is 6.26. The summed E-state index contributed by atoms with van der Waals surface area (Å²) in [6, 6.07) is 3.81. The lowest BCUT2D eigenvalue weighted by atomic mass is 10.2. The van der Waals surface area contributed by atoms with Gasteiger partial charge in [0, 0.05) is 12.1 Å². The number of carbonyl (C=O) groups is 1. The minimum Gasteiger partial charge on any atom is -0.351 e. The first-order chi connectivity index (χ1) is 8.35. The summed E-state index contributed by atoms with van der Waals surface area (Å²) in [7, 11) is -2.05. The maximum Gasteiger partial charge on any atom is 0.251 e. The monoisotopic (exact) mass is 338 g/mol. The summed E-state index contributed by atoms with van der Waals surface area (Å²) in [6.45, 7) is -0.0169. The predicted octanol–water partition coefficient (Wildman–Crippen LogP) is 0.867. The van der Waals surface area contributed by atoms with Crippen molar-refractivity contribution in [2.75, 3.05) is 19.3 Å². The molecule has 2 N–H and O–H groups in total. The molecule has 0 aliphatic rings. The van der Waals surface area contributed by atoms with Crippen molar-refractivity contribution in [3.8, 4) is 0 Å². The van der Waals surface area contributed by atoms with Gasteiger partial charge in [0.1, 0.15) is 5.82 Å². The Labute approximate surface area is 113 Å². The van der Waals surface area contributed by atoms with Crippen LogP contribution in [0.5, 0.6) is 0 Å². The summed E-state index contributed by atoms with van der Waals surface area (Å²) in [4.78, 5) is 11.6. The molecule has 0 aliphatic carbocycles. The van der Waals surface area contributed by atoms with Gasteiger partial charge in [0.15, 0.2) is 0 Å². The molecule has 0 fully saturated rings. The van der Waals surface area contributed by atoms with Crippen molar-refractivity contribution in [2.24, 2.45) is 0 Å². The van der Waals surface area contributed by atoms with Crippen LogP contribution in [0.4, 0.5) is 4.39 Å². The van der Waals surface area contributed by atoms with Crippen molar-refractivity contribution < 1.29 is 17.6 Å². The summed E-state index contributed by atoms with van der Waals surface area (Å²) < 4.78 is 37.5. The molecule has 8 heteroatoms. The smallest absolute Gasteiger partial charge is 0.251 e. The normalized spacial score (nSPS) is 11.3. The molecule has 0 bridgehead atoms. The molecular weight excluding hydrogens is 327 g/mol. The molecule has 18 heavy (non-hydrogen) atoms. The third-order valence-corrected chi connectivity index (χ3v) is 4.12. The zero-order chi connectivity index (χ0) is 13.8. The summed E-state index contributed by atoms with van der Waals surface area (Å²) in [5.41, 5.74) is 0.255. The van der Waals surface area contributed by atoms with E-state index in [0.29, 0.717) is 0 Å². The first-order valence-corrected chi connectivity index (χ1v) is 7.45. The summed E-state index contributed by atoms with van der Waals surface area (Å²) >= 11 is 2.96. The zero-order valence-electron chi connectivity index (χ0n) is 9.54. The van der Waals surface area contributed by atoms with Crippen LogP contribution in [-0.4, -0.2) is 33.7 Å². The molecule has 0 heterocycles. The minimum absolute atomic E-state index is 0.0169. The van der Waals surface area contributed by atoms with Gasteiger partial charge in [-0.05, 0) is 41.2 Å². The Morgan fingerprint density at radius 1 is 1.44 bits per heavy atom. The molecule has 0 radical (unpaired) electrons. The van der Waals surface area contributed by atoms with E-state index in [-0.39, 0.29) is 22.3 Å². The van der Waals surface area contributed by atoms with Crippen LogP contribution < -0.4 is 10.0 Å². The quantitative estimate of drug-likeness (QED) is 0.836. The number of benzene rings is 1. The van der Waals surface area contributed by atoms with Gasteiger partial charge in [-0.15, -0.1) is 0 Å². The number of amides is 1. The van der Waals surface area contributed by atoms with Gasteiger partial charge in [-0.25, -0.2) is 17.5 Å².